The molecule has 20 heavy (non-hydrogen) atoms. The molecule has 0 N–H and O–H groups in total. The molecule has 0 unspecified atom stereocenters. The van der Waals surface area contributed by atoms with E-state index in [-0.39, 0.29) is 22.7 Å². The molecule has 2 nitrogen and oxygen atoms in total. The van der Waals surface area contributed by atoms with Gasteiger partial charge in [-0.1, -0.05) is 27.7 Å². The molecule has 0 radical (unpaired) electrons. The third-order valence-electron chi connectivity index (χ3n) is 5.13. The second kappa shape index (κ2) is 4.20. The molecule has 0 aliphatic heterocycles. The average molecular weight is 360 g/mol. The van der Waals surface area contributed by atoms with Crippen LogP contribution >= 0.6 is 27.5 Å². The minimum atomic E-state index is -0.268. The highest BCUT2D eigenvalue weighted by Crippen LogP contribution is 2.72. The van der Waals surface area contributed by atoms with Crippen molar-refractivity contribution in [2.24, 2.45) is 10.8 Å². The Bertz CT molecular complexity index is 691. The van der Waals surface area contributed by atoms with E-state index < -0.39 is 0 Å². The van der Waals surface area contributed by atoms with E-state index in [1.165, 1.54) is 0 Å². The zero-order valence-corrected chi connectivity index (χ0v) is 14.3. The Balaban J connectivity index is 2.27. The van der Waals surface area contributed by atoms with Gasteiger partial charge in [0, 0.05) is 12.1 Å². The number of hydrogen-bond acceptors (Lipinski definition) is 1. The zero-order valence-electron chi connectivity index (χ0n) is 12.0. The number of alkyl halides is 1. The molecule has 1 saturated carbocycles. The maximum atomic E-state index is 13.9. The van der Waals surface area contributed by atoms with Crippen molar-refractivity contribution in [1.29, 1.82) is 0 Å². The van der Waals surface area contributed by atoms with Gasteiger partial charge >= 0.3 is 0 Å². The topological polar surface area (TPSA) is 17.8 Å². The van der Waals surface area contributed by atoms with E-state index >= 15 is 0 Å². The number of hydrogen-bond donors (Lipinski definition) is 0. The van der Waals surface area contributed by atoms with Crippen molar-refractivity contribution >= 4 is 38.6 Å². The Morgan fingerprint density at radius 3 is 2.40 bits per heavy atom. The van der Waals surface area contributed by atoms with Crippen molar-refractivity contribution in [1.82, 2.24) is 9.55 Å². The minimum absolute atomic E-state index is 0.144. The summed E-state index contributed by atoms with van der Waals surface area (Å²) in [4.78, 5) is 4.56. The van der Waals surface area contributed by atoms with Gasteiger partial charge in [0.25, 0.3) is 0 Å². The highest BCUT2D eigenvalue weighted by atomic mass is 79.9. The first-order valence-electron chi connectivity index (χ1n) is 6.63. The summed E-state index contributed by atoms with van der Waals surface area (Å²) in [6, 6.07) is 3.56. The van der Waals surface area contributed by atoms with E-state index in [0.717, 1.165) is 16.9 Å². The van der Waals surface area contributed by atoms with Crippen molar-refractivity contribution in [2.75, 3.05) is 0 Å². The highest BCUT2D eigenvalue weighted by molar-refractivity contribution is 9.10. The SMILES string of the molecule is CC1(C)C(n2c(CCl)nc3cc(Br)c(F)cc32)C1(C)C. The molecule has 2 aromatic rings. The van der Waals surface area contributed by atoms with Crippen LogP contribution in [0.1, 0.15) is 39.6 Å². The average Bonchev–Trinajstić information content (AvgIpc) is 2.65. The number of rotatable bonds is 2. The molecule has 0 atom stereocenters. The van der Waals surface area contributed by atoms with Crippen LogP contribution in [0.3, 0.4) is 0 Å². The van der Waals surface area contributed by atoms with Gasteiger partial charge < -0.3 is 4.57 Å². The van der Waals surface area contributed by atoms with Crippen LogP contribution in [0.2, 0.25) is 0 Å². The van der Waals surface area contributed by atoms with Crippen molar-refractivity contribution in [3.63, 3.8) is 0 Å². The van der Waals surface area contributed by atoms with Crippen molar-refractivity contribution < 1.29 is 4.39 Å². The molecule has 108 valence electrons. The quantitative estimate of drug-likeness (QED) is 0.667. The molecular formula is C15H17BrClFN2. The van der Waals surface area contributed by atoms with Gasteiger partial charge in [-0.05, 0) is 32.8 Å². The summed E-state index contributed by atoms with van der Waals surface area (Å²) in [7, 11) is 0. The Morgan fingerprint density at radius 1 is 1.30 bits per heavy atom. The van der Waals surface area contributed by atoms with E-state index in [1.54, 1.807) is 12.1 Å². The summed E-state index contributed by atoms with van der Waals surface area (Å²) in [5, 5.41) is 0. The van der Waals surface area contributed by atoms with Crippen molar-refractivity contribution in [2.45, 2.75) is 39.6 Å². The molecule has 0 amide bonds. The van der Waals surface area contributed by atoms with Crippen LogP contribution in [-0.4, -0.2) is 9.55 Å². The fourth-order valence-electron chi connectivity index (χ4n) is 3.33. The predicted molar refractivity (Wildman–Crippen MR) is 83.5 cm³/mol. The normalized spacial score (nSPS) is 20.6. The minimum Gasteiger partial charge on any atom is -0.323 e. The molecule has 1 aliphatic rings. The first kappa shape index (κ1) is 14.3. The monoisotopic (exact) mass is 358 g/mol. The van der Waals surface area contributed by atoms with Crippen LogP contribution < -0.4 is 0 Å². The molecule has 3 rings (SSSR count). The molecule has 0 saturated heterocycles. The Hall–Kier alpha value is -0.610. The van der Waals surface area contributed by atoms with Gasteiger partial charge in [-0.15, -0.1) is 11.6 Å². The number of halogens is 3. The number of fused-ring (bicyclic) bond motifs is 1. The molecule has 1 aromatic carbocycles. The van der Waals surface area contributed by atoms with Crippen LogP contribution in [0.4, 0.5) is 4.39 Å². The van der Waals surface area contributed by atoms with E-state index in [9.17, 15) is 4.39 Å². The van der Waals surface area contributed by atoms with Crippen LogP contribution in [0, 0.1) is 16.6 Å². The first-order chi connectivity index (χ1) is 9.21. The maximum absolute atomic E-state index is 13.9. The molecule has 5 heteroatoms. The Kier molecular flexibility index (Phi) is 3.01. The molecule has 0 spiro atoms. The third-order valence-corrected chi connectivity index (χ3v) is 5.97. The van der Waals surface area contributed by atoms with Crippen molar-refractivity contribution in [3.05, 3.63) is 28.2 Å². The molecule has 0 bridgehead atoms. The lowest BCUT2D eigenvalue weighted by atomic mass is 10.0. The maximum Gasteiger partial charge on any atom is 0.139 e. The third kappa shape index (κ3) is 1.70. The molecule has 1 aliphatic carbocycles. The summed E-state index contributed by atoms with van der Waals surface area (Å²) in [5.41, 5.74) is 1.90. The first-order valence-corrected chi connectivity index (χ1v) is 7.96. The van der Waals surface area contributed by atoms with E-state index in [2.05, 4.69) is 53.2 Å². The second-order valence-electron chi connectivity index (χ2n) is 6.63. The van der Waals surface area contributed by atoms with E-state index in [0.29, 0.717) is 10.4 Å². The zero-order chi connectivity index (χ0) is 14.9. The number of nitrogens with zero attached hydrogens (tertiary/aromatic N) is 2. The van der Waals surface area contributed by atoms with Gasteiger partial charge in [-0.25, -0.2) is 9.37 Å². The van der Waals surface area contributed by atoms with Crippen molar-refractivity contribution in [3.8, 4) is 0 Å². The fraction of sp³-hybridized carbons (Fsp3) is 0.533. The van der Waals surface area contributed by atoms with Gasteiger partial charge in [0.05, 0.1) is 21.4 Å². The van der Waals surface area contributed by atoms with Gasteiger partial charge in [-0.2, -0.15) is 0 Å². The summed E-state index contributed by atoms with van der Waals surface area (Å²) in [6.07, 6.45) is 0. The summed E-state index contributed by atoms with van der Waals surface area (Å²) in [5.74, 6) is 0.871. The summed E-state index contributed by atoms with van der Waals surface area (Å²) < 4.78 is 16.4. The van der Waals surface area contributed by atoms with Crippen LogP contribution in [0.25, 0.3) is 11.0 Å². The van der Waals surface area contributed by atoms with E-state index in [4.69, 9.17) is 11.6 Å². The van der Waals surface area contributed by atoms with E-state index in [1.807, 2.05) is 0 Å². The van der Waals surface area contributed by atoms with Crippen LogP contribution in [0.5, 0.6) is 0 Å². The lowest BCUT2D eigenvalue weighted by Crippen LogP contribution is -2.05. The standard InChI is InChI=1S/C15H17BrClFN2/c1-14(2)13(15(14,3)4)20-11-6-9(18)8(16)5-10(11)19-12(20)7-17/h5-6,13H,7H2,1-4H3. The lowest BCUT2D eigenvalue weighted by molar-refractivity contribution is 0.457. The number of imidazole rings is 1. The van der Waals surface area contributed by atoms with Gasteiger partial charge in [0.2, 0.25) is 0 Å². The van der Waals surface area contributed by atoms with Gasteiger partial charge in [0.15, 0.2) is 0 Å². The van der Waals surface area contributed by atoms with Crippen LogP contribution in [-0.2, 0) is 5.88 Å². The molecule has 1 fully saturated rings. The summed E-state index contributed by atoms with van der Waals surface area (Å²) in [6.45, 7) is 8.93. The van der Waals surface area contributed by atoms with Gasteiger partial charge in [0.1, 0.15) is 11.6 Å². The van der Waals surface area contributed by atoms with Gasteiger partial charge in [-0.3, -0.25) is 0 Å². The van der Waals surface area contributed by atoms with Crippen LogP contribution in [0.15, 0.2) is 16.6 Å². The number of benzene rings is 1. The Labute approximate surface area is 131 Å². The molecular weight excluding hydrogens is 343 g/mol. The lowest BCUT2D eigenvalue weighted by Gasteiger charge is -2.10. The molecule has 1 aromatic heterocycles. The Morgan fingerprint density at radius 2 is 1.90 bits per heavy atom. The number of aromatic nitrogens is 2. The fourth-order valence-corrected chi connectivity index (χ4v) is 3.85. The smallest absolute Gasteiger partial charge is 0.139 e. The highest BCUT2D eigenvalue weighted by Gasteiger charge is 2.66. The second-order valence-corrected chi connectivity index (χ2v) is 7.75. The largest absolute Gasteiger partial charge is 0.323 e. The summed E-state index contributed by atoms with van der Waals surface area (Å²) >= 11 is 9.26. The molecule has 1 heterocycles. The predicted octanol–water partition coefficient (Wildman–Crippen LogP) is 5.28.